The Morgan fingerprint density at radius 1 is 0.606 bits per heavy atom. The fourth-order valence-corrected chi connectivity index (χ4v) is 3.82. The molecule has 0 amide bonds. The Morgan fingerprint density at radius 3 is 1.36 bits per heavy atom. The second kappa shape index (κ2) is 9.25. The van der Waals surface area contributed by atoms with Crippen LogP contribution < -0.4 is 0 Å². The number of carbonyl (C=O) groups is 2. The molecular weight excluding hydrogens is 408 g/mol. The number of hydrogen-bond acceptors (Lipinski definition) is 3. The molecule has 3 nitrogen and oxygen atoms in total. The van der Waals surface area contributed by atoms with Crippen molar-refractivity contribution < 1.29 is 14.3 Å². The normalized spacial score (nSPS) is 12.8. The van der Waals surface area contributed by atoms with Crippen LogP contribution in [0.1, 0.15) is 34.6 Å². The third-order valence-corrected chi connectivity index (χ3v) is 6.08. The second-order valence-electron chi connectivity index (χ2n) is 8.33. The van der Waals surface area contributed by atoms with Gasteiger partial charge in [0.05, 0.1) is 11.8 Å². The Hall–Kier alpha value is -3.98. The summed E-state index contributed by atoms with van der Waals surface area (Å²) < 4.78 is 5.80. The highest BCUT2D eigenvalue weighted by molar-refractivity contribution is 6.03. The minimum absolute atomic E-state index is 0.0907. The molecule has 0 aliphatic heterocycles. The summed E-state index contributed by atoms with van der Waals surface area (Å²) in [5.41, 5.74) is 1.19. The van der Waals surface area contributed by atoms with Crippen LogP contribution in [0, 0.1) is 11.8 Å². The monoisotopic (exact) mass is 434 g/mol. The Morgan fingerprint density at radius 2 is 0.970 bits per heavy atom. The zero-order valence-electron chi connectivity index (χ0n) is 18.9. The van der Waals surface area contributed by atoms with Crippen LogP contribution in [0.5, 0.6) is 0 Å². The molecular formula is C30H26O3. The van der Waals surface area contributed by atoms with E-state index in [9.17, 15) is 9.59 Å². The van der Waals surface area contributed by atoms with Gasteiger partial charge in [-0.1, -0.05) is 86.0 Å². The van der Waals surface area contributed by atoms with Crippen molar-refractivity contribution in [2.24, 2.45) is 11.8 Å². The first-order valence-electron chi connectivity index (χ1n) is 11.0. The smallest absolute Gasteiger partial charge is 0.173 e. The molecule has 4 aromatic carbocycles. The maximum absolute atomic E-state index is 13.0. The molecule has 0 aliphatic rings. The minimum atomic E-state index is -0.578. The summed E-state index contributed by atoms with van der Waals surface area (Å²) in [5, 5.41) is 4.15. The Kier molecular flexibility index (Phi) is 6.23. The van der Waals surface area contributed by atoms with Gasteiger partial charge < -0.3 is 4.74 Å². The number of benzene rings is 4. The molecule has 0 aliphatic carbocycles. The first-order chi connectivity index (χ1) is 15.8. The number of rotatable bonds is 8. The molecule has 4 aromatic rings. The van der Waals surface area contributed by atoms with Crippen LogP contribution >= 0.6 is 0 Å². The van der Waals surface area contributed by atoms with E-state index in [1.165, 1.54) is 0 Å². The first kappa shape index (κ1) is 22.2. The van der Waals surface area contributed by atoms with Crippen molar-refractivity contribution in [2.75, 3.05) is 0 Å². The molecule has 33 heavy (non-hydrogen) atoms. The lowest BCUT2D eigenvalue weighted by molar-refractivity contribution is 0.0881. The minimum Gasteiger partial charge on any atom is -0.466 e. The van der Waals surface area contributed by atoms with E-state index in [-0.39, 0.29) is 23.1 Å². The lowest BCUT2D eigenvalue weighted by Gasteiger charge is -2.20. The van der Waals surface area contributed by atoms with E-state index in [0.29, 0.717) is 11.1 Å². The van der Waals surface area contributed by atoms with E-state index in [2.05, 4.69) is 13.2 Å². The number of ether oxygens (including phenoxy) is 1. The van der Waals surface area contributed by atoms with Gasteiger partial charge in [-0.2, -0.15) is 0 Å². The van der Waals surface area contributed by atoms with Crippen molar-refractivity contribution in [1.82, 2.24) is 0 Å². The fourth-order valence-electron chi connectivity index (χ4n) is 3.82. The highest BCUT2D eigenvalue weighted by Crippen LogP contribution is 2.26. The molecule has 0 saturated heterocycles. The van der Waals surface area contributed by atoms with Crippen LogP contribution in [0.3, 0.4) is 0 Å². The van der Waals surface area contributed by atoms with Gasteiger partial charge in [-0.05, 0) is 47.5 Å². The van der Waals surface area contributed by atoms with Crippen LogP contribution in [0.4, 0.5) is 0 Å². The van der Waals surface area contributed by atoms with Crippen LogP contribution in [-0.4, -0.2) is 11.6 Å². The first-order valence-corrected chi connectivity index (χ1v) is 11.0. The number of Topliss-reactive ketones (excluding diaryl/α,β-unsaturated/α-hetero) is 2. The van der Waals surface area contributed by atoms with Crippen LogP contribution in [0.2, 0.25) is 0 Å². The summed E-state index contributed by atoms with van der Waals surface area (Å²) in [6, 6.07) is 27.0. The highest BCUT2D eigenvalue weighted by Gasteiger charge is 2.24. The third kappa shape index (κ3) is 4.63. The van der Waals surface area contributed by atoms with Gasteiger partial charge in [-0.25, -0.2) is 0 Å². The molecule has 0 bridgehead atoms. The topological polar surface area (TPSA) is 43.4 Å². The van der Waals surface area contributed by atoms with Crippen LogP contribution in [-0.2, 0) is 4.74 Å². The zero-order valence-corrected chi connectivity index (χ0v) is 18.9. The summed E-state index contributed by atoms with van der Waals surface area (Å²) in [5.74, 6) is -0.788. The average molecular weight is 435 g/mol. The molecule has 2 atom stereocenters. The molecule has 0 heterocycles. The van der Waals surface area contributed by atoms with Gasteiger partial charge in [-0.3, -0.25) is 9.59 Å². The van der Waals surface area contributed by atoms with E-state index in [1.807, 2.05) is 84.9 Å². The molecule has 0 aromatic heterocycles. The molecule has 0 saturated carbocycles. The molecule has 164 valence electrons. The fraction of sp³-hybridized carbons (Fsp3) is 0.133. The molecule has 0 fully saturated rings. The quantitative estimate of drug-likeness (QED) is 0.215. The van der Waals surface area contributed by atoms with Gasteiger partial charge in [0, 0.05) is 11.1 Å². The van der Waals surface area contributed by atoms with Crippen LogP contribution in [0.25, 0.3) is 21.5 Å². The van der Waals surface area contributed by atoms with E-state index < -0.39 is 11.8 Å². The van der Waals surface area contributed by atoms with E-state index in [0.717, 1.165) is 21.5 Å². The molecule has 0 spiro atoms. The molecule has 4 rings (SSSR count). The van der Waals surface area contributed by atoms with E-state index in [1.54, 1.807) is 13.8 Å². The Labute approximate surface area is 194 Å². The average Bonchev–Trinajstić information content (AvgIpc) is 2.86. The van der Waals surface area contributed by atoms with Crippen molar-refractivity contribution in [3.63, 3.8) is 0 Å². The van der Waals surface area contributed by atoms with Crippen molar-refractivity contribution in [3.05, 3.63) is 121 Å². The Bertz CT molecular complexity index is 1290. The van der Waals surface area contributed by atoms with E-state index in [4.69, 9.17) is 4.74 Å². The van der Waals surface area contributed by atoms with Crippen molar-refractivity contribution in [3.8, 4) is 0 Å². The molecule has 3 heteroatoms. The SMILES string of the molecule is C=C(OC(=C)C(C)C(=O)c1ccc2ccccc2c1)C(C)C(=O)c1ccc2ccccc2c1. The Balaban J connectivity index is 1.44. The summed E-state index contributed by atoms with van der Waals surface area (Å²) in [6.45, 7) is 11.4. The summed E-state index contributed by atoms with van der Waals surface area (Å²) in [4.78, 5) is 26.0. The molecule has 0 radical (unpaired) electrons. The highest BCUT2D eigenvalue weighted by atomic mass is 16.5. The molecule has 0 N–H and O–H groups in total. The lowest BCUT2D eigenvalue weighted by Crippen LogP contribution is -2.19. The van der Waals surface area contributed by atoms with E-state index >= 15 is 0 Å². The predicted octanol–water partition coefficient (Wildman–Crippen LogP) is 7.37. The number of ketones is 2. The number of hydrogen-bond donors (Lipinski definition) is 0. The summed E-state index contributed by atoms with van der Waals surface area (Å²) in [7, 11) is 0. The van der Waals surface area contributed by atoms with Gasteiger partial charge in [0.1, 0.15) is 11.5 Å². The largest absolute Gasteiger partial charge is 0.466 e. The van der Waals surface area contributed by atoms with Gasteiger partial charge in [0.15, 0.2) is 11.6 Å². The molecule has 2 unspecified atom stereocenters. The van der Waals surface area contributed by atoms with Crippen LogP contribution in [0.15, 0.2) is 110 Å². The zero-order chi connectivity index (χ0) is 23.5. The van der Waals surface area contributed by atoms with Crippen molar-refractivity contribution >= 4 is 33.1 Å². The van der Waals surface area contributed by atoms with Crippen molar-refractivity contribution in [1.29, 1.82) is 0 Å². The predicted molar refractivity (Wildman–Crippen MR) is 134 cm³/mol. The van der Waals surface area contributed by atoms with Gasteiger partial charge in [0.25, 0.3) is 0 Å². The third-order valence-electron chi connectivity index (χ3n) is 6.08. The van der Waals surface area contributed by atoms with Gasteiger partial charge >= 0.3 is 0 Å². The maximum atomic E-state index is 13.0. The summed E-state index contributed by atoms with van der Waals surface area (Å²) in [6.07, 6.45) is 0. The number of fused-ring (bicyclic) bond motifs is 2. The number of allylic oxidation sites excluding steroid dienone is 2. The van der Waals surface area contributed by atoms with Gasteiger partial charge in [0.2, 0.25) is 0 Å². The van der Waals surface area contributed by atoms with Gasteiger partial charge in [-0.15, -0.1) is 0 Å². The lowest BCUT2D eigenvalue weighted by atomic mass is 9.94. The van der Waals surface area contributed by atoms with Crippen molar-refractivity contribution in [2.45, 2.75) is 13.8 Å². The maximum Gasteiger partial charge on any atom is 0.173 e. The standard InChI is InChI=1S/C30H26O3/c1-19(29(31)27-15-13-23-9-5-7-11-25(23)17-27)21(3)33-22(4)20(2)30(32)28-16-14-24-10-6-8-12-26(24)18-28/h5-20H,3-4H2,1-2H3. The second-order valence-corrected chi connectivity index (χ2v) is 8.33. The summed E-state index contributed by atoms with van der Waals surface area (Å²) >= 11 is 0. The number of carbonyl (C=O) groups excluding carboxylic acids is 2.